The molecular formula is C13H15F2N3. The van der Waals surface area contributed by atoms with Crippen LogP contribution in [0.1, 0.15) is 18.5 Å². The van der Waals surface area contributed by atoms with Crippen LogP contribution in [0.4, 0.5) is 8.78 Å². The molecule has 0 aliphatic rings. The SMILES string of the molecule is CC(NCCn1cccn1)c1cc(F)cc(F)c1. The monoisotopic (exact) mass is 251 g/mol. The predicted molar refractivity (Wildman–Crippen MR) is 65.0 cm³/mol. The third-order valence-corrected chi connectivity index (χ3v) is 2.74. The zero-order valence-electron chi connectivity index (χ0n) is 10.1. The van der Waals surface area contributed by atoms with Crippen molar-refractivity contribution in [3.05, 3.63) is 53.9 Å². The van der Waals surface area contributed by atoms with Crippen LogP contribution < -0.4 is 5.32 Å². The quantitative estimate of drug-likeness (QED) is 0.885. The number of nitrogens with one attached hydrogen (secondary N) is 1. The van der Waals surface area contributed by atoms with E-state index in [9.17, 15) is 8.78 Å². The predicted octanol–water partition coefficient (Wildman–Crippen LogP) is 2.51. The van der Waals surface area contributed by atoms with E-state index < -0.39 is 11.6 Å². The lowest BCUT2D eigenvalue weighted by molar-refractivity contribution is 0.501. The zero-order chi connectivity index (χ0) is 13.0. The average Bonchev–Trinajstić information content (AvgIpc) is 2.80. The lowest BCUT2D eigenvalue weighted by Crippen LogP contribution is -2.23. The van der Waals surface area contributed by atoms with Gasteiger partial charge < -0.3 is 5.32 Å². The molecule has 3 nitrogen and oxygen atoms in total. The summed E-state index contributed by atoms with van der Waals surface area (Å²) >= 11 is 0. The van der Waals surface area contributed by atoms with Crippen LogP contribution in [-0.2, 0) is 6.54 Å². The van der Waals surface area contributed by atoms with Gasteiger partial charge in [-0.05, 0) is 30.7 Å². The molecule has 1 N–H and O–H groups in total. The first kappa shape index (κ1) is 12.7. The van der Waals surface area contributed by atoms with Gasteiger partial charge in [0.05, 0.1) is 6.54 Å². The Balaban J connectivity index is 1.89. The number of rotatable bonds is 5. The number of nitrogens with zero attached hydrogens (tertiary/aromatic N) is 2. The van der Waals surface area contributed by atoms with Crippen LogP contribution in [0.3, 0.4) is 0 Å². The van der Waals surface area contributed by atoms with Crippen molar-refractivity contribution in [2.24, 2.45) is 0 Å². The van der Waals surface area contributed by atoms with Gasteiger partial charge in [0.15, 0.2) is 0 Å². The van der Waals surface area contributed by atoms with E-state index in [2.05, 4.69) is 10.4 Å². The highest BCUT2D eigenvalue weighted by Gasteiger charge is 2.07. The second-order valence-corrected chi connectivity index (χ2v) is 4.15. The van der Waals surface area contributed by atoms with E-state index in [0.29, 0.717) is 12.1 Å². The third kappa shape index (κ3) is 3.37. The molecule has 1 heterocycles. The van der Waals surface area contributed by atoms with Gasteiger partial charge in [-0.3, -0.25) is 4.68 Å². The van der Waals surface area contributed by atoms with Crippen molar-refractivity contribution < 1.29 is 8.78 Å². The van der Waals surface area contributed by atoms with Crippen molar-refractivity contribution in [2.75, 3.05) is 6.54 Å². The summed E-state index contributed by atoms with van der Waals surface area (Å²) < 4.78 is 27.9. The van der Waals surface area contributed by atoms with E-state index in [0.717, 1.165) is 12.6 Å². The minimum Gasteiger partial charge on any atom is -0.308 e. The Morgan fingerprint density at radius 3 is 2.61 bits per heavy atom. The van der Waals surface area contributed by atoms with Crippen LogP contribution in [0.2, 0.25) is 0 Å². The summed E-state index contributed by atoms with van der Waals surface area (Å²) in [6, 6.07) is 5.31. The molecule has 0 saturated heterocycles. The molecule has 0 aliphatic heterocycles. The van der Waals surface area contributed by atoms with Gasteiger partial charge in [0, 0.05) is 31.0 Å². The minimum absolute atomic E-state index is 0.106. The van der Waals surface area contributed by atoms with Crippen molar-refractivity contribution in [2.45, 2.75) is 19.5 Å². The molecule has 0 bridgehead atoms. The summed E-state index contributed by atoms with van der Waals surface area (Å²) in [5.74, 6) is -1.10. The molecule has 0 saturated carbocycles. The molecule has 1 atom stereocenters. The molecular weight excluding hydrogens is 236 g/mol. The van der Waals surface area contributed by atoms with Crippen molar-refractivity contribution in [3.8, 4) is 0 Å². The Morgan fingerprint density at radius 2 is 2.00 bits per heavy atom. The highest BCUT2D eigenvalue weighted by molar-refractivity contribution is 5.20. The van der Waals surface area contributed by atoms with E-state index >= 15 is 0 Å². The normalized spacial score (nSPS) is 12.6. The maximum absolute atomic E-state index is 13.1. The third-order valence-electron chi connectivity index (χ3n) is 2.74. The van der Waals surface area contributed by atoms with Crippen LogP contribution in [-0.4, -0.2) is 16.3 Å². The van der Waals surface area contributed by atoms with Gasteiger partial charge in [-0.25, -0.2) is 8.78 Å². The highest BCUT2D eigenvalue weighted by Crippen LogP contribution is 2.15. The Morgan fingerprint density at radius 1 is 1.28 bits per heavy atom. The molecule has 96 valence electrons. The van der Waals surface area contributed by atoms with E-state index in [-0.39, 0.29) is 6.04 Å². The first-order valence-corrected chi connectivity index (χ1v) is 5.82. The number of hydrogen-bond acceptors (Lipinski definition) is 2. The number of benzene rings is 1. The summed E-state index contributed by atoms with van der Waals surface area (Å²) in [5, 5.41) is 7.27. The first-order chi connectivity index (χ1) is 8.65. The molecule has 2 rings (SSSR count). The molecule has 1 aromatic carbocycles. The summed E-state index contributed by atoms with van der Waals surface area (Å²) in [5.41, 5.74) is 0.605. The zero-order valence-corrected chi connectivity index (χ0v) is 10.1. The number of halogens is 2. The summed E-state index contributed by atoms with van der Waals surface area (Å²) in [6.45, 7) is 3.27. The van der Waals surface area contributed by atoms with Crippen LogP contribution in [0.5, 0.6) is 0 Å². The molecule has 18 heavy (non-hydrogen) atoms. The van der Waals surface area contributed by atoms with Crippen LogP contribution in [0.25, 0.3) is 0 Å². The van der Waals surface area contributed by atoms with Crippen LogP contribution >= 0.6 is 0 Å². The van der Waals surface area contributed by atoms with Gasteiger partial charge in [0.2, 0.25) is 0 Å². The minimum atomic E-state index is -0.550. The molecule has 1 aromatic heterocycles. The van der Waals surface area contributed by atoms with Crippen LogP contribution in [0, 0.1) is 11.6 Å². The Labute approximate surface area is 104 Å². The molecule has 1 unspecified atom stereocenters. The number of hydrogen-bond donors (Lipinski definition) is 1. The topological polar surface area (TPSA) is 29.9 Å². The van der Waals surface area contributed by atoms with Gasteiger partial charge in [0.25, 0.3) is 0 Å². The fourth-order valence-electron chi connectivity index (χ4n) is 1.77. The average molecular weight is 251 g/mol. The van der Waals surface area contributed by atoms with Crippen molar-refractivity contribution in [1.82, 2.24) is 15.1 Å². The maximum Gasteiger partial charge on any atom is 0.126 e. The molecule has 5 heteroatoms. The van der Waals surface area contributed by atoms with Gasteiger partial charge in [-0.1, -0.05) is 0 Å². The standard InChI is InChI=1S/C13H15F2N3/c1-10(11-7-12(14)9-13(15)8-11)16-4-6-18-5-2-3-17-18/h2-3,5,7-10,16H,4,6H2,1H3. The van der Waals surface area contributed by atoms with E-state index in [1.165, 1.54) is 12.1 Å². The molecule has 0 aliphatic carbocycles. The lowest BCUT2D eigenvalue weighted by atomic mass is 10.1. The van der Waals surface area contributed by atoms with Crippen molar-refractivity contribution >= 4 is 0 Å². The Kier molecular flexibility index (Phi) is 4.04. The van der Waals surface area contributed by atoms with Gasteiger partial charge >= 0.3 is 0 Å². The second kappa shape index (κ2) is 5.73. The first-order valence-electron chi connectivity index (χ1n) is 5.82. The smallest absolute Gasteiger partial charge is 0.126 e. The molecule has 2 aromatic rings. The summed E-state index contributed by atoms with van der Waals surface area (Å²) in [6.07, 6.45) is 3.58. The fraction of sp³-hybridized carbons (Fsp3) is 0.308. The summed E-state index contributed by atoms with van der Waals surface area (Å²) in [4.78, 5) is 0. The molecule has 0 radical (unpaired) electrons. The van der Waals surface area contributed by atoms with Crippen LogP contribution in [0.15, 0.2) is 36.7 Å². The van der Waals surface area contributed by atoms with Gasteiger partial charge in [-0.15, -0.1) is 0 Å². The second-order valence-electron chi connectivity index (χ2n) is 4.15. The Hall–Kier alpha value is -1.75. The fourth-order valence-corrected chi connectivity index (χ4v) is 1.77. The maximum atomic E-state index is 13.1. The van der Waals surface area contributed by atoms with E-state index in [4.69, 9.17) is 0 Å². The van der Waals surface area contributed by atoms with Gasteiger partial charge in [-0.2, -0.15) is 5.10 Å². The largest absolute Gasteiger partial charge is 0.308 e. The van der Waals surface area contributed by atoms with Crippen molar-refractivity contribution in [1.29, 1.82) is 0 Å². The molecule has 0 amide bonds. The van der Waals surface area contributed by atoms with E-state index in [1.54, 1.807) is 10.9 Å². The highest BCUT2D eigenvalue weighted by atomic mass is 19.1. The van der Waals surface area contributed by atoms with Gasteiger partial charge in [0.1, 0.15) is 11.6 Å². The number of aromatic nitrogens is 2. The lowest BCUT2D eigenvalue weighted by Gasteiger charge is -2.14. The Bertz CT molecular complexity index is 477. The molecule has 0 fully saturated rings. The van der Waals surface area contributed by atoms with Crippen molar-refractivity contribution in [3.63, 3.8) is 0 Å². The van der Waals surface area contributed by atoms with E-state index in [1.807, 2.05) is 19.2 Å². The molecule has 0 spiro atoms. The summed E-state index contributed by atoms with van der Waals surface area (Å²) in [7, 11) is 0.